The third kappa shape index (κ3) is 4.35. The maximum atomic E-state index is 11.9. The first kappa shape index (κ1) is 15.1. The summed E-state index contributed by atoms with van der Waals surface area (Å²) in [5, 5.41) is 6.11. The molecule has 2 N–H and O–H groups in total. The molecule has 2 aromatic carbocycles. The molecule has 0 heterocycles. The summed E-state index contributed by atoms with van der Waals surface area (Å²) in [6.07, 6.45) is 0. The summed E-state index contributed by atoms with van der Waals surface area (Å²) in [4.78, 5) is 11.9. The van der Waals surface area contributed by atoms with E-state index in [-0.39, 0.29) is 12.5 Å². The van der Waals surface area contributed by atoms with E-state index in [1.165, 1.54) is 16.7 Å². The van der Waals surface area contributed by atoms with Gasteiger partial charge in [0.2, 0.25) is 5.91 Å². The van der Waals surface area contributed by atoms with Gasteiger partial charge in [-0.05, 0) is 43.5 Å². The highest BCUT2D eigenvalue weighted by molar-refractivity contribution is 5.81. The number of carbonyl (C=O) groups is 1. The summed E-state index contributed by atoms with van der Waals surface area (Å²) in [7, 11) is 0. The average molecular weight is 282 g/mol. The van der Waals surface area contributed by atoms with Crippen LogP contribution < -0.4 is 10.6 Å². The Bertz CT molecular complexity index is 618. The Hall–Kier alpha value is -2.29. The van der Waals surface area contributed by atoms with E-state index in [9.17, 15) is 4.79 Å². The van der Waals surface area contributed by atoms with Crippen molar-refractivity contribution >= 4 is 11.6 Å². The van der Waals surface area contributed by atoms with Crippen LogP contribution >= 0.6 is 0 Å². The zero-order valence-electron chi connectivity index (χ0n) is 12.9. The molecule has 3 nitrogen and oxygen atoms in total. The molecule has 0 aromatic heterocycles. The Labute approximate surface area is 126 Å². The van der Waals surface area contributed by atoms with Gasteiger partial charge in [-0.15, -0.1) is 0 Å². The van der Waals surface area contributed by atoms with Crippen molar-refractivity contribution in [3.8, 4) is 0 Å². The van der Waals surface area contributed by atoms with Crippen LogP contribution in [0.3, 0.4) is 0 Å². The van der Waals surface area contributed by atoms with Gasteiger partial charge < -0.3 is 10.6 Å². The molecule has 3 heteroatoms. The third-order valence-electron chi connectivity index (χ3n) is 3.65. The molecule has 21 heavy (non-hydrogen) atoms. The van der Waals surface area contributed by atoms with Crippen molar-refractivity contribution in [2.45, 2.75) is 27.3 Å². The van der Waals surface area contributed by atoms with Gasteiger partial charge >= 0.3 is 0 Å². The largest absolute Gasteiger partial charge is 0.376 e. The molecule has 0 aliphatic carbocycles. The molecule has 0 aliphatic rings. The Kier molecular flexibility index (Phi) is 4.99. The van der Waals surface area contributed by atoms with Crippen LogP contribution in [-0.2, 0) is 11.3 Å². The molecule has 0 aliphatic heterocycles. The summed E-state index contributed by atoms with van der Waals surface area (Å²) < 4.78 is 0. The predicted molar refractivity (Wildman–Crippen MR) is 87.4 cm³/mol. The highest BCUT2D eigenvalue weighted by Crippen LogP contribution is 2.17. The van der Waals surface area contributed by atoms with Crippen molar-refractivity contribution in [1.29, 1.82) is 0 Å². The van der Waals surface area contributed by atoms with Crippen LogP contribution in [0.2, 0.25) is 0 Å². The quantitative estimate of drug-likeness (QED) is 0.883. The van der Waals surface area contributed by atoms with Crippen molar-refractivity contribution in [1.82, 2.24) is 5.32 Å². The summed E-state index contributed by atoms with van der Waals surface area (Å²) >= 11 is 0. The molecule has 0 unspecified atom stereocenters. The molecule has 1 amide bonds. The number of nitrogens with one attached hydrogen (secondary N) is 2. The first-order valence-electron chi connectivity index (χ1n) is 7.18. The van der Waals surface area contributed by atoms with Gasteiger partial charge in [-0.3, -0.25) is 4.79 Å². The van der Waals surface area contributed by atoms with Crippen molar-refractivity contribution in [2.75, 3.05) is 11.9 Å². The van der Waals surface area contributed by atoms with Gasteiger partial charge in [0.15, 0.2) is 0 Å². The van der Waals surface area contributed by atoms with Crippen LogP contribution in [0.1, 0.15) is 22.3 Å². The van der Waals surface area contributed by atoms with Gasteiger partial charge in [0.1, 0.15) is 0 Å². The summed E-state index contributed by atoms with van der Waals surface area (Å²) in [5.74, 6) is -0.00326. The fourth-order valence-corrected chi connectivity index (χ4v) is 2.09. The Balaban J connectivity index is 1.82. The molecule has 0 radical (unpaired) electrons. The van der Waals surface area contributed by atoms with Gasteiger partial charge in [0, 0.05) is 12.2 Å². The fraction of sp³-hybridized carbons (Fsp3) is 0.278. The zero-order valence-corrected chi connectivity index (χ0v) is 12.9. The van der Waals surface area contributed by atoms with Crippen LogP contribution in [-0.4, -0.2) is 12.5 Å². The Morgan fingerprint density at radius 2 is 1.71 bits per heavy atom. The minimum absolute atomic E-state index is 0.00326. The molecule has 0 saturated carbocycles. The summed E-state index contributed by atoms with van der Waals surface area (Å²) in [5.41, 5.74) is 5.76. The maximum absolute atomic E-state index is 11.9. The number of carbonyl (C=O) groups excluding carboxylic acids is 1. The van der Waals surface area contributed by atoms with Gasteiger partial charge in [0.25, 0.3) is 0 Å². The van der Waals surface area contributed by atoms with E-state index in [0.29, 0.717) is 6.54 Å². The lowest BCUT2D eigenvalue weighted by atomic mass is 10.1. The monoisotopic (exact) mass is 282 g/mol. The smallest absolute Gasteiger partial charge is 0.239 e. The van der Waals surface area contributed by atoms with Gasteiger partial charge in [-0.25, -0.2) is 0 Å². The predicted octanol–water partition coefficient (Wildman–Crippen LogP) is 3.34. The van der Waals surface area contributed by atoms with Crippen LogP contribution in [0.15, 0.2) is 42.5 Å². The number of benzene rings is 2. The normalized spacial score (nSPS) is 10.2. The molecule has 2 aromatic rings. The minimum Gasteiger partial charge on any atom is -0.376 e. The van der Waals surface area contributed by atoms with E-state index in [1.807, 2.05) is 24.3 Å². The number of amides is 1. The second-order valence-corrected chi connectivity index (χ2v) is 5.36. The summed E-state index contributed by atoms with van der Waals surface area (Å²) in [6.45, 7) is 7.03. The van der Waals surface area contributed by atoms with Crippen molar-refractivity contribution in [3.63, 3.8) is 0 Å². The number of anilines is 1. The van der Waals surface area contributed by atoms with Crippen molar-refractivity contribution in [2.24, 2.45) is 0 Å². The first-order chi connectivity index (χ1) is 10.1. The molecular weight excluding hydrogens is 260 g/mol. The fourth-order valence-electron chi connectivity index (χ4n) is 2.09. The van der Waals surface area contributed by atoms with Crippen LogP contribution in [0.5, 0.6) is 0 Å². The lowest BCUT2D eigenvalue weighted by Crippen LogP contribution is -2.29. The molecule has 0 fully saturated rings. The molecule has 0 bridgehead atoms. The van der Waals surface area contributed by atoms with E-state index in [0.717, 1.165) is 11.3 Å². The highest BCUT2D eigenvalue weighted by atomic mass is 16.1. The van der Waals surface area contributed by atoms with Crippen molar-refractivity contribution < 1.29 is 4.79 Å². The lowest BCUT2D eigenvalue weighted by Gasteiger charge is -2.11. The second-order valence-electron chi connectivity index (χ2n) is 5.36. The third-order valence-corrected chi connectivity index (χ3v) is 3.65. The topological polar surface area (TPSA) is 41.1 Å². The van der Waals surface area contributed by atoms with Crippen LogP contribution in [0, 0.1) is 20.8 Å². The SMILES string of the molecule is Cc1ccc(CNC(=O)CNc2cccc(C)c2C)cc1. The van der Waals surface area contributed by atoms with Gasteiger partial charge in [0.05, 0.1) is 6.54 Å². The minimum atomic E-state index is -0.00326. The van der Waals surface area contributed by atoms with E-state index in [2.05, 4.69) is 49.6 Å². The van der Waals surface area contributed by atoms with Gasteiger partial charge in [-0.2, -0.15) is 0 Å². The average Bonchev–Trinajstić information content (AvgIpc) is 2.48. The maximum Gasteiger partial charge on any atom is 0.239 e. The molecule has 0 atom stereocenters. The van der Waals surface area contributed by atoms with E-state index < -0.39 is 0 Å². The number of aryl methyl sites for hydroxylation is 2. The standard InChI is InChI=1S/C18H22N2O/c1-13-7-9-16(10-8-13)11-20-18(21)12-19-17-6-4-5-14(2)15(17)3/h4-10,19H,11-12H2,1-3H3,(H,20,21). The molecule has 110 valence electrons. The zero-order chi connectivity index (χ0) is 15.2. The molecule has 2 rings (SSSR count). The summed E-state index contributed by atoms with van der Waals surface area (Å²) in [6, 6.07) is 14.2. The first-order valence-corrected chi connectivity index (χ1v) is 7.18. The molecule has 0 saturated heterocycles. The number of rotatable bonds is 5. The lowest BCUT2D eigenvalue weighted by molar-refractivity contribution is -0.119. The molecular formula is C18H22N2O. The van der Waals surface area contributed by atoms with E-state index >= 15 is 0 Å². The van der Waals surface area contributed by atoms with Gasteiger partial charge in [-0.1, -0.05) is 42.0 Å². The van der Waals surface area contributed by atoms with Crippen LogP contribution in [0.4, 0.5) is 5.69 Å². The van der Waals surface area contributed by atoms with Crippen LogP contribution in [0.25, 0.3) is 0 Å². The highest BCUT2D eigenvalue weighted by Gasteiger charge is 2.04. The number of hydrogen-bond acceptors (Lipinski definition) is 2. The van der Waals surface area contributed by atoms with E-state index in [4.69, 9.17) is 0 Å². The number of hydrogen-bond donors (Lipinski definition) is 2. The molecule has 0 spiro atoms. The van der Waals surface area contributed by atoms with Crippen molar-refractivity contribution in [3.05, 3.63) is 64.7 Å². The van der Waals surface area contributed by atoms with E-state index in [1.54, 1.807) is 0 Å². The Morgan fingerprint density at radius 3 is 2.43 bits per heavy atom. The Morgan fingerprint density at radius 1 is 1.00 bits per heavy atom. The second kappa shape index (κ2) is 6.93.